The zero-order chi connectivity index (χ0) is 6.85. The molecule has 0 aliphatic carbocycles. The smallest absolute Gasteiger partial charge is 0.282 e. The molecule has 4 N–H and O–H groups in total. The maximum absolute atomic E-state index is 5.25. The topological polar surface area (TPSA) is 53.3 Å². The van der Waals surface area contributed by atoms with Crippen molar-refractivity contribution in [3.05, 3.63) is 11.1 Å². The Bertz CT molecular complexity index is 170. The zero-order valence-corrected chi connectivity index (χ0v) is 9.17. The zero-order valence-electron chi connectivity index (χ0n) is 5.46. The summed E-state index contributed by atoms with van der Waals surface area (Å²) < 4.78 is 0. The van der Waals surface area contributed by atoms with Crippen molar-refractivity contribution >= 4 is 29.8 Å². The number of nitrogens with one attached hydrogen (secondary N) is 2. The van der Waals surface area contributed by atoms with E-state index in [1.165, 1.54) is 0 Å². The minimum atomic E-state index is 0. The van der Waals surface area contributed by atoms with Crippen molar-refractivity contribution < 1.29 is 29.6 Å². The third-order valence-electron chi connectivity index (χ3n) is 0.733. The Morgan fingerprint density at radius 1 is 1.60 bits per heavy atom. The van der Waals surface area contributed by atoms with E-state index in [-0.39, 0.29) is 29.6 Å². The summed E-state index contributed by atoms with van der Waals surface area (Å²) in [6.07, 6.45) is 1.65. The molecule has 50 valence electrons. The average molecular weight is 185 g/mol. The summed E-state index contributed by atoms with van der Waals surface area (Å²) >= 11 is 8.74. The fourth-order valence-electron chi connectivity index (χ4n) is 0.459. The first-order valence-corrected chi connectivity index (χ1v) is 3.07. The van der Waals surface area contributed by atoms with Crippen LogP contribution in [0.3, 0.4) is 0 Å². The van der Waals surface area contributed by atoms with Crippen molar-refractivity contribution in [2.24, 2.45) is 5.84 Å². The summed E-state index contributed by atoms with van der Waals surface area (Å²) in [6, 6.07) is 0. The normalized spacial score (nSPS) is 18.2. The quantitative estimate of drug-likeness (QED) is 0.135. The number of hydrazine groups is 3. The molecule has 0 radical (unpaired) electrons. The van der Waals surface area contributed by atoms with Crippen LogP contribution in [0.1, 0.15) is 0 Å². The van der Waals surface area contributed by atoms with Gasteiger partial charge in [-0.15, -0.1) is 12.6 Å². The van der Waals surface area contributed by atoms with Crippen LogP contribution in [0, 0.1) is 0 Å². The number of hydrogen-bond donors (Lipinski definition) is 4. The molecule has 4 nitrogen and oxygen atoms in total. The second-order valence-electron chi connectivity index (χ2n) is 1.49. The van der Waals surface area contributed by atoms with Crippen LogP contribution in [-0.4, -0.2) is 10.2 Å². The molecule has 0 atom stereocenters. The molecule has 0 fully saturated rings. The van der Waals surface area contributed by atoms with Crippen LogP contribution in [0.4, 0.5) is 0 Å². The summed E-state index contributed by atoms with van der Waals surface area (Å²) in [7, 11) is 0. The van der Waals surface area contributed by atoms with E-state index in [0.717, 1.165) is 5.23 Å². The molecule has 0 aromatic carbocycles. The molecule has 0 aromatic heterocycles. The van der Waals surface area contributed by atoms with E-state index in [4.69, 9.17) is 18.1 Å². The molecular formula is C3H6N4NaS2+. The van der Waals surface area contributed by atoms with E-state index in [1.54, 1.807) is 6.08 Å². The van der Waals surface area contributed by atoms with Crippen LogP contribution in [0.25, 0.3) is 0 Å². The minimum absolute atomic E-state index is 0. The molecule has 0 bridgehead atoms. The molecule has 0 spiro atoms. The fraction of sp³-hybridized carbons (Fsp3) is 0. The van der Waals surface area contributed by atoms with Gasteiger partial charge < -0.3 is 0 Å². The monoisotopic (exact) mass is 185 g/mol. The second kappa shape index (κ2) is 4.55. The maximum Gasteiger partial charge on any atom is 1.00 e. The van der Waals surface area contributed by atoms with Crippen LogP contribution < -0.4 is 46.3 Å². The Morgan fingerprint density at radius 2 is 2.20 bits per heavy atom. The number of nitrogens with two attached hydrogens (primary N) is 1. The van der Waals surface area contributed by atoms with Gasteiger partial charge in [0.25, 0.3) is 0 Å². The van der Waals surface area contributed by atoms with E-state index < -0.39 is 0 Å². The van der Waals surface area contributed by atoms with Gasteiger partial charge in [0.05, 0.1) is 5.03 Å². The Morgan fingerprint density at radius 3 is 2.60 bits per heavy atom. The molecular weight excluding hydrogens is 179 g/mol. The van der Waals surface area contributed by atoms with Gasteiger partial charge in [-0.1, -0.05) is 17.4 Å². The van der Waals surface area contributed by atoms with Crippen LogP contribution >= 0.6 is 24.8 Å². The molecule has 0 aromatic rings. The van der Waals surface area contributed by atoms with Gasteiger partial charge in [0.1, 0.15) is 4.99 Å². The summed E-state index contributed by atoms with van der Waals surface area (Å²) in [5, 5.41) is 1.77. The molecule has 0 saturated heterocycles. The second-order valence-corrected chi connectivity index (χ2v) is 2.41. The standard InChI is InChI=1S/C3H6N4S2.Na/c4-7-5-2(8)1-3(9)6-7;/h1,5,8H,4H2,(H,6,9);/q;+1. The summed E-state index contributed by atoms with van der Waals surface area (Å²) in [5.74, 6) is 5.25. The van der Waals surface area contributed by atoms with Crippen molar-refractivity contribution in [1.82, 2.24) is 16.1 Å². The van der Waals surface area contributed by atoms with Gasteiger partial charge in [0.2, 0.25) is 0 Å². The van der Waals surface area contributed by atoms with E-state index in [1.807, 2.05) is 0 Å². The predicted octanol–water partition coefficient (Wildman–Crippen LogP) is -3.71. The van der Waals surface area contributed by atoms with Crippen molar-refractivity contribution in [3.8, 4) is 0 Å². The fourth-order valence-corrected chi connectivity index (χ4v) is 0.999. The van der Waals surface area contributed by atoms with Gasteiger partial charge in [-0.2, -0.15) is 0 Å². The van der Waals surface area contributed by atoms with Gasteiger partial charge in [-0.3, -0.25) is 10.9 Å². The van der Waals surface area contributed by atoms with Gasteiger partial charge in [0.15, 0.2) is 0 Å². The number of thiocarbonyl (C=S) groups is 1. The van der Waals surface area contributed by atoms with Crippen LogP contribution in [0.15, 0.2) is 11.1 Å². The number of hydrogen-bond acceptors (Lipinski definition) is 5. The first-order valence-electron chi connectivity index (χ1n) is 2.21. The Kier molecular flexibility index (Phi) is 4.87. The first kappa shape index (κ1) is 10.7. The third-order valence-corrected chi connectivity index (χ3v) is 1.17. The summed E-state index contributed by atoms with van der Waals surface area (Å²) in [4.78, 5) is 0.543. The van der Waals surface area contributed by atoms with Gasteiger partial charge in [0, 0.05) is 6.08 Å². The van der Waals surface area contributed by atoms with Gasteiger partial charge in [-0.05, 0) is 0 Å². The molecule has 0 saturated carbocycles. The maximum atomic E-state index is 5.25. The summed E-state index contributed by atoms with van der Waals surface area (Å²) in [6.45, 7) is 0. The van der Waals surface area contributed by atoms with Crippen molar-refractivity contribution in [2.75, 3.05) is 0 Å². The average Bonchev–Trinajstić information content (AvgIpc) is 1.59. The number of thiol groups is 1. The van der Waals surface area contributed by atoms with E-state index in [0.29, 0.717) is 10.0 Å². The number of rotatable bonds is 0. The molecule has 1 rings (SSSR count). The predicted molar refractivity (Wildman–Crippen MR) is 42.0 cm³/mol. The Labute approximate surface area is 91.8 Å². The number of nitrogens with zero attached hydrogens (tertiary/aromatic N) is 1. The van der Waals surface area contributed by atoms with E-state index in [9.17, 15) is 0 Å². The molecule has 7 heteroatoms. The first-order chi connectivity index (χ1) is 4.18. The molecule has 10 heavy (non-hydrogen) atoms. The summed E-state index contributed by atoms with van der Waals surface area (Å²) in [5.41, 5.74) is 5.26. The van der Waals surface area contributed by atoms with Crippen molar-refractivity contribution in [3.63, 3.8) is 0 Å². The largest absolute Gasteiger partial charge is 1.00 e. The van der Waals surface area contributed by atoms with Gasteiger partial charge >= 0.3 is 29.6 Å². The van der Waals surface area contributed by atoms with Crippen molar-refractivity contribution in [1.29, 1.82) is 0 Å². The van der Waals surface area contributed by atoms with Gasteiger partial charge in [-0.25, -0.2) is 5.84 Å². The van der Waals surface area contributed by atoms with Crippen LogP contribution in [0.5, 0.6) is 0 Å². The Balaban J connectivity index is 0.000000810. The SMILES string of the molecule is NN1NC(=S)C=C(S)N1.[Na+]. The van der Waals surface area contributed by atoms with Crippen molar-refractivity contribution in [2.45, 2.75) is 0 Å². The molecule has 1 aliphatic heterocycles. The molecule has 1 aliphatic rings. The molecule has 0 unspecified atom stereocenters. The Hall–Kier alpha value is 0.700. The third kappa shape index (κ3) is 3.20. The molecule has 1 heterocycles. The minimum Gasteiger partial charge on any atom is -0.282 e. The molecule has 0 amide bonds. The van der Waals surface area contributed by atoms with E-state index >= 15 is 0 Å². The van der Waals surface area contributed by atoms with Crippen LogP contribution in [-0.2, 0) is 0 Å². The van der Waals surface area contributed by atoms with E-state index in [2.05, 4.69) is 23.5 Å². The van der Waals surface area contributed by atoms with Crippen LogP contribution in [0.2, 0.25) is 0 Å².